The summed E-state index contributed by atoms with van der Waals surface area (Å²) in [6, 6.07) is 6.67. The third kappa shape index (κ3) is 2.36. The molecule has 0 saturated heterocycles. The lowest BCUT2D eigenvalue weighted by molar-refractivity contribution is -0.144. The van der Waals surface area contributed by atoms with Gasteiger partial charge in [0.25, 0.3) is 0 Å². The molecule has 1 aromatic rings. The highest BCUT2D eigenvalue weighted by Gasteiger charge is 2.34. The highest BCUT2D eigenvalue weighted by atomic mass is 16.5. The summed E-state index contributed by atoms with van der Waals surface area (Å²) in [5, 5.41) is 0. The molecular formula is C18H24O2. The van der Waals surface area contributed by atoms with Gasteiger partial charge >= 0.3 is 5.97 Å². The molecule has 0 amide bonds. The Morgan fingerprint density at radius 3 is 2.95 bits per heavy atom. The van der Waals surface area contributed by atoms with Crippen molar-refractivity contribution in [1.82, 2.24) is 0 Å². The van der Waals surface area contributed by atoms with E-state index in [1.165, 1.54) is 37.7 Å². The van der Waals surface area contributed by atoms with E-state index in [0.29, 0.717) is 6.61 Å². The van der Waals surface area contributed by atoms with Crippen LogP contribution in [0.5, 0.6) is 0 Å². The molecule has 108 valence electrons. The average Bonchev–Trinajstić information content (AvgIpc) is 2.84. The lowest BCUT2D eigenvalue weighted by Gasteiger charge is -2.25. The van der Waals surface area contributed by atoms with Crippen LogP contribution in [0.4, 0.5) is 0 Å². The maximum atomic E-state index is 11.9. The predicted octanol–water partition coefficient (Wildman–Crippen LogP) is 4.18. The van der Waals surface area contributed by atoms with Crippen molar-refractivity contribution in [2.45, 2.75) is 57.8 Å². The van der Waals surface area contributed by atoms with E-state index in [-0.39, 0.29) is 11.9 Å². The molecule has 2 aliphatic carbocycles. The van der Waals surface area contributed by atoms with Gasteiger partial charge in [-0.1, -0.05) is 31.0 Å². The minimum atomic E-state index is -0.150. The number of carbonyl (C=O) groups excluding carboxylic acids is 1. The van der Waals surface area contributed by atoms with E-state index in [2.05, 4.69) is 18.2 Å². The fraction of sp³-hybridized carbons (Fsp3) is 0.611. The van der Waals surface area contributed by atoms with Crippen LogP contribution in [0.3, 0.4) is 0 Å². The van der Waals surface area contributed by atoms with Crippen molar-refractivity contribution < 1.29 is 9.53 Å². The zero-order valence-corrected chi connectivity index (χ0v) is 12.5. The van der Waals surface area contributed by atoms with E-state index in [9.17, 15) is 4.79 Å². The Kier molecular flexibility index (Phi) is 3.82. The summed E-state index contributed by atoms with van der Waals surface area (Å²) in [7, 11) is 0. The summed E-state index contributed by atoms with van der Waals surface area (Å²) in [4.78, 5) is 11.9. The quantitative estimate of drug-likeness (QED) is 0.771. The average molecular weight is 272 g/mol. The van der Waals surface area contributed by atoms with Gasteiger partial charge in [-0.3, -0.25) is 4.79 Å². The van der Waals surface area contributed by atoms with Crippen molar-refractivity contribution in [3.63, 3.8) is 0 Å². The van der Waals surface area contributed by atoms with Gasteiger partial charge < -0.3 is 4.74 Å². The maximum absolute atomic E-state index is 11.9. The van der Waals surface area contributed by atoms with Gasteiger partial charge in [-0.25, -0.2) is 0 Å². The molecule has 1 fully saturated rings. The molecule has 20 heavy (non-hydrogen) atoms. The summed E-state index contributed by atoms with van der Waals surface area (Å²) < 4.78 is 5.13. The Balaban J connectivity index is 1.82. The maximum Gasteiger partial charge on any atom is 0.313 e. The smallest absolute Gasteiger partial charge is 0.313 e. The van der Waals surface area contributed by atoms with Crippen molar-refractivity contribution in [2.24, 2.45) is 5.92 Å². The number of esters is 1. The Hall–Kier alpha value is -1.31. The third-order valence-electron chi connectivity index (χ3n) is 5.10. The van der Waals surface area contributed by atoms with Crippen molar-refractivity contribution >= 4 is 5.97 Å². The molecule has 0 radical (unpaired) electrons. The molecule has 0 N–H and O–H groups in total. The fourth-order valence-electron chi connectivity index (χ4n) is 3.98. The second-order valence-electron chi connectivity index (χ2n) is 6.29. The van der Waals surface area contributed by atoms with E-state index in [0.717, 1.165) is 17.4 Å². The molecule has 0 spiro atoms. The molecule has 3 rings (SSSR count). The number of fused-ring (bicyclic) bond motifs is 3. The molecule has 0 unspecified atom stereocenters. The van der Waals surface area contributed by atoms with E-state index in [4.69, 9.17) is 4.74 Å². The van der Waals surface area contributed by atoms with E-state index in [1.54, 1.807) is 5.56 Å². The summed E-state index contributed by atoms with van der Waals surface area (Å²) in [5.74, 6) is 1.38. The summed E-state index contributed by atoms with van der Waals surface area (Å²) in [6.45, 7) is 4.26. The predicted molar refractivity (Wildman–Crippen MR) is 79.9 cm³/mol. The van der Waals surface area contributed by atoms with Gasteiger partial charge in [0.15, 0.2) is 0 Å². The van der Waals surface area contributed by atoms with Gasteiger partial charge in [0, 0.05) is 0 Å². The normalized spacial score (nSPS) is 25.7. The van der Waals surface area contributed by atoms with Crippen LogP contribution >= 0.6 is 0 Å². The molecule has 2 aliphatic rings. The van der Waals surface area contributed by atoms with Crippen LogP contribution < -0.4 is 0 Å². The first kappa shape index (κ1) is 13.7. The highest BCUT2D eigenvalue weighted by molar-refractivity contribution is 5.77. The van der Waals surface area contributed by atoms with Crippen LogP contribution in [0, 0.1) is 5.92 Å². The monoisotopic (exact) mass is 272 g/mol. The molecule has 1 aromatic carbocycles. The molecule has 0 bridgehead atoms. The third-order valence-corrected chi connectivity index (χ3v) is 5.10. The molecule has 3 atom stereocenters. The largest absolute Gasteiger partial charge is 0.466 e. The zero-order chi connectivity index (χ0) is 14.1. The molecule has 2 heteroatoms. The minimum absolute atomic E-state index is 0.108. The minimum Gasteiger partial charge on any atom is -0.466 e. The highest BCUT2D eigenvalue weighted by Crippen LogP contribution is 2.47. The Labute approximate surface area is 121 Å². The van der Waals surface area contributed by atoms with E-state index in [1.807, 2.05) is 13.8 Å². The van der Waals surface area contributed by atoms with Gasteiger partial charge in [-0.05, 0) is 61.6 Å². The lowest BCUT2D eigenvalue weighted by Crippen LogP contribution is -2.13. The van der Waals surface area contributed by atoms with Crippen molar-refractivity contribution in [3.8, 4) is 0 Å². The van der Waals surface area contributed by atoms with Crippen molar-refractivity contribution in [2.75, 3.05) is 6.61 Å². The topological polar surface area (TPSA) is 26.3 Å². The second kappa shape index (κ2) is 5.59. The van der Waals surface area contributed by atoms with E-state index >= 15 is 0 Å². The second-order valence-corrected chi connectivity index (χ2v) is 6.29. The SMILES string of the molecule is CCOC(=O)[C@H](C)c1ccc2c(c1)C[C@H]1CCCC[C@H]21. The molecule has 0 aliphatic heterocycles. The summed E-state index contributed by atoms with van der Waals surface area (Å²) >= 11 is 0. The standard InChI is InChI=1S/C18H24O2/c1-3-20-18(19)12(2)13-8-9-17-15(10-13)11-14-6-4-5-7-16(14)17/h8-10,12,14,16H,3-7,11H2,1-2H3/t12-,14-,16+/m1/s1. The summed E-state index contributed by atoms with van der Waals surface area (Å²) in [6.07, 6.45) is 6.71. The van der Waals surface area contributed by atoms with Crippen LogP contribution in [-0.2, 0) is 16.0 Å². The zero-order valence-electron chi connectivity index (χ0n) is 12.5. The van der Waals surface area contributed by atoms with Crippen LogP contribution in [0.1, 0.15) is 68.1 Å². The van der Waals surface area contributed by atoms with Gasteiger partial charge in [-0.2, -0.15) is 0 Å². The van der Waals surface area contributed by atoms with Crippen LogP contribution in [0.2, 0.25) is 0 Å². The Bertz CT molecular complexity index is 506. The van der Waals surface area contributed by atoms with Crippen LogP contribution in [0.25, 0.3) is 0 Å². The molecule has 0 aromatic heterocycles. The lowest BCUT2D eigenvalue weighted by atomic mass is 9.80. The molecule has 2 nitrogen and oxygen atoms in total. The number of hydrogen-bond acceptors (Lipinski definition) is 2. The fourth-order valence-corrected chi connectivity index (χ4v) is 3.98. The van der Waals surface area contributed by atoms with Crippen molar-refractivity contribution in [3.05, 3.63) is 34.9 Å². The number of rotatable bonds is 3. The Morgan fingerprint density at radius 1 is 1.35 bits per heavy atom. The molecule has 1 saturated carbocycles. The number of ether oxygens (including phenoxy) is 1. The molecule has 0 heterocycles. The van der Waals surface area contributed by atoms with Gasteiger partial charge in [0.1, 0.15) is 0 Å². The van der Waals surface area contributed by atoms with Gasteiger partial charge in [0.05, 0.1) is 12.5 Å². The van der Waals surface area contributed by atoms with Crippen LogP contribution in [0.15, 0.2) is 18.2 Å². The number of hydrogen-bond donors (Lipinski definition) is 0. The number of benzene rings is 1. The van der Waals surface area contributed by atoms with Gasteiger partial charge in [0.2, 0.25) is 0 Å². The van der Waals surface area contributed by atoms with Crippen LogP contribution in [-0.4, -0.2) is 12.6 Å². The van der Waals surface area contributed by atoms with Gasteiger partial charge in [-0.15, -0.1) is 0 Å². The first-order chi connectivity index (χ1) is 9.70. The van der Waals surface area contributed by atoms with Crippen molar-refractivity contribution in [1.29, 1.82) is 0 Å². The Morgan fingerprint density at radius 2 is 2.15 bits per heavy atom. The first-order valence-corrected chi connectivity index (χ1v) is 8.00. The summed E-state index contributed by atoms with van der Waals surface area (Å²) in [5.41, 5.74) is 4.14. The first-order valence-electron chi connectivity index (χ1n) is 8.00. The van der Waals surface area contributed by atoms with E-state index < -0.39 is 0 Å². The number of carbonyl (C=O) groups is 1. The molecular weight excluding hydrogens is 248 g/mol.